The maximum absolute atomic E-state index is 6.20. The molecule has 0 unspecified atom stereocenters. The fourth-order valence-corrected chi connectivity index (χ4v) is 3.31. The number of pyridine rings is 1. The van der Waals surface area contributed by atoms with Crippen LogP contribution >= 0.6 is 22.9 Å². The van der Waals surface area contributed by atoms with E-state index in [2.05, 4.69) is 36.1 Å². The predicted molar refractivity (Wildman–Crippen MR) is 86.3 cm³/mol. The molecule has 2 aromatic rings. The van der Waals surface area contributed by atoms with Crippen LogP contribution in [0.2, 0.25) is 5.02 Å². The first-order valence-corrected chi connectivity index (χ1v) is 8.11. The van der Waals surface area contributed by atoms with Crippen molar-refractivity contribution in [1.29, 1.82) is 0 Å². The van der Waals surface area contributed by atoms with Crippen molar-refractivity contribution in [3.8, 4) is 10.7 Å². The Hall–Kier alpha value is -0.970. The van der Waals surface area contributed by atoms with E-state index in [-0.39, 0.29) is 0 Å². The van der Waals surface area contributed by atoms with Gasteiger partial charge in [0.05, 0.1) is 10.7 Å². The van der Waals surface area contributed by atoms with Crippen LogP contribution < -0.4 is 5.32 Å². The largest absolute Gasteiger partial charge is 0.312 e. The van der Waals surface area contributed by atoms with Gasteiger partial charge in [0.25, 0.3) is 0 Å². The number of nitrogens with one attached hydrogen (secondary N) is 1. The van der Waals surface area contributed by atoms with Crippen molar-refractivity contribution < 1.29 is 0 Å². The van der Waals surface area contributed by atoms with Crippen LogP contribution in [0.4, 0.5) is 0 Å². The lowest BCUT2D eigenvalue weighted by molar-refractivity contribution is 0.553. The quantitative estimate of drug-likeness (QED) is 0.870. The van der Waals surface area contributed by atoms with Gasteiger partial charge in [-0.3, -0.25) is 4.98 Å². The number of hydrogen-bond donors (Lipinski definition) is 1. The molecule has 0 aliphatic rings. The van der Waals surface area contributed by atoms with Crippen LogP contribution in [0.1, 0.15) is 31.3 Å². The number of hydrogen-bond acceptors (Lipinski definition) is 4. The molecule has 108 valence electrons. The molecule has 0 atom stereocenters. The minimum atomic E-state index is 0.651. The molecule has 0 bridgehead atoms. The Morgan fingerprint density at radius 3 is 2.85 bits per heavy atom. The van der Waals surface area contributed by atoms with Crippen molar-refractivity contribution >= 4 is 22.9 Å². The van der Waals surface area contributed by atoms with Crippen molar-refractivity contribution in [2.45, 2.75) is 33.7 Å². The molecule has 2 heterocycles. The first-order valence-electron chi connectivity index (χ1n) is 6.92. The predicted octanol–water partition coefficient (Wildman–Crippen LogP) is 4.17. The topological polar surface area (TPSA) is 37.8 Å². The molecule has 1 N–H and O–H groups in total. The lowest BCUT2D eigenvalue weighted by atomic mass is 10.2. The number of aryl methyl sites for hydroxylation is 1. The highest BCUT2D eigenvalue weighted by Gasteiger charge is 2.14. The zero-order valence-electron chi connectivity index (χ0n) is 12.1. The van der Waals surface area contributed by atoms with Gasteiger partial charge in [0.1, 0.15) is 10.7 Å². The second-order valence-corrected chi connectivity index (χ2v) is 6.59. The fourth-order valence-electron chi connectivity index (χ4n) is 1.92. The highest BCUT2D eigenvalue weighted by Crippen LogP contribution is 2.31. The maximum Gasteiger partial charge on any atom is 0.143 e. The Morgan fingerprint density at radius 2 is 2.20 bits per heavy atom. The van der Waals surface area contributed by atoms with Gasteiger partial charge in [-0.05, 0) is 31.0 Å². The van der Waals surface area contributed by atoms with Crippen molar-refractivity contribution in [2.75, 3.05) is 6.54 Å². The van der Waals surface area contributed by atoms with Crippen LogP contribution in [-0.4, -0.2) is 16.5 Å². The van der Waals surface area contributed by atoms with E-state index in [0.29, 0.717) is 10.9 Å². The molecule has 0 spiro atoms. The molecule has 0 aliphatic heterocycles. The molecule has 2 rings (SSSR count). The Kier molecular flexibility index (Phi) is 5.52. The Labute approximate surface area is 129 Å². The first-order chi connectivity index (χ1) is 9.61. The van der Waals surface area contributed by atoms with Gasteiger partial charge >= 0.3 is 0 Å². The summed E-state index contributed by atoms with van der Waals surface area (Å²) in [5, 5.41) is 5.04. The minimum absolute atomic E-state index is 0.651. The summed E-state index contributed by atoms with van der Waals surface area (Å²) in [6, 6.07) is 3.69. The van der Waals surface area contributed by atoms with Gasteiger partial charge in [-0.2, -0.15) is 0 Å². The standard InChI is InChI=1S/C15H20ClN3S/c1-4-12-13(9-17-8-10(2)3)20-15(19-12)14-11(16)6-5-7-18-14/h5-7,10,17H,4,8-9H2,1-3H3. The normalized spacial score (nSPS) is 11.2. The molecule has 0 aliphatic carbocycles. The van der Waals surface area contributed by atoms with Gasteiger partial charge in [0, 0.05) is 17.6 Å². The van der Waals surface area contributed by atoms with E-state index in [0.717, 1.165) is 35.9 Å². The molecule has 2 aromatic heterocycles. The summed E-state index contributed by atoms with van der Waals surface area (Å²) < 4.78 is 0. The molecule has 0 saturated heterocycles. The molecule has 0 saturated carbocycles. The minimum Gasteiger partial charge on any atom is -0.312 e. The molecule has 0 aromatic carbocycles. The van der Waals surface area contributed by atoms with E-state index in [9.17, 15) is 0 Å². The van der Waals surface area contributed by atoms with E-state index in [1.807, 2.05) is 12.1 Å². The maximum atomic E-state index is 6.20. The fraction of sp³-hybridized carbons (Fsp3) is 0.467. The molecule has 20 heavy (non-hydrogen) atoms. The van der Waals surface area contributed by atoms with E-state index in [1.165, 1.54) is 4.88 Å². The molecule has 3 nitrogen and oxygen atoms in total. The van der Waals surface area contributed by atoms with Crippen molar-refractivity contribution in [3.05, 3.63) is 33.9 Å². The van der Waals surface area contributed by atoms with Gasteiger partial charge in [-0.15, -0.1) is 11.3 Å². The van der Waals surface area contributed by atoms with E-state index in [4.69, 9.17) is 11.6 Å². The molecular weight excluding hydrogens is 290 g/mol. The van der Waals surface area contributed by atoms with Gasteiger partial charge in [-0.1, -0.05) is 32.4 Å². The van der Waals surface area contributed by atoms with Gasteiger partial charge < -0.3 is 5.32 Å². The smallest absolute Gasteiger partial charge is 0.143 e. The average molecular weight is 310 g/mol. The summed E-state index contributed by atoms with van der Waals surface area (Å²) in [6.07, 6.45) is 2.69. The highest BCUT2D eigenvalue weighted by atomic mass is 35.5. The van der Waals surface area contributed by atoms with Gasteiger partial charge in [-0.25, -0.2) is 4.98 Å². The molecule has 0 fully saturated rings. The van der Waals surface area contributed by atoms with E-state index in [1.54, 1.807) is 17.5 Å². The number of halogens is 1. The lowest BCUT2D eigenvalue weighted by Gasteiger charge is -2.06. The monoisotopic (exact) mass is 309 g/mol. The van der Waals surface area contributed by atoms with E-state index >= 15 is 0 Å². The van der Waals surface area contributed by atoms with Gasteiger partial charge in [0.15, 0.2) is 0 Å². The molecule has 0 radical (unpaired) electrons. The third-order valence-electron chi connectivity index (χ3n) is 2.91. The lowest BCUT2D eigenvalue weighted by Crippen LogP contribution is -2.18. The highest BCUT2D eigenvalue weighted by molar-refractivity contribution is 7.15. The Morgan fingerprint density at radius 1 is 1.40 bits per heavy atom. The van der Waals surface area contributed by atoms with Gasteiger partial charge in [0.2, 0.25) is 0 Å². The van der Waals surface area contributed by atoms with Crippen molar-refractivity contribution in [1.82, 2.24) is 15.3 Å². The molecular formula is C15H20ClN3S. The summed E-state index contributed by atoms with van der Waals surface area (Å²) in [4.78, 5) is 10.3. The first kappa shape index (κ1) is 15.4. The number of thiazole rings is 1. The Balaban J connectivity index is 2.20. The third kappa shape index (κ3) is 3.78. The zero-order valence-corrected chi connectivity index (χ0v) is 13.7. The van der Waals surface area contributed by atoms with Crippen molar-refractivity contribution in [2.24, 2.45) is 5.92 Å². The summed E-state index contributed by atoms with van der Waals surface area (Å²) >= 11 is 7.88. The van der Waals surface area contributed by atoms with Crippen LogP contribution in [-0.2, 0) is 13.0 Å². The van der Waals surface area contributed by atoms with E-state index < -0.39 is 0 Å². The average Bonchev–Trinajstić information content (AvgIpc) is 2.82. The summed E-state index contributed by atoms with van der Waals surface area (Å²) in [5.41, 5.74) is 1.92. The number of nitrogens with zero attached hydrogens (tertiary/aromatic N) is 2. The number of aromatic nitrogens is 2. The van der Waals surface area contributed by atoms with Crippen LogP contribution in [0.5, 0.6) is 0 Å². The van der Waals surface area contributed by atoms with Crippen LogP contribution in [0.15, 0.2) is 18.3 Å². The summed E-state index contributed by atoms with van der Waals surface area (Å²) in [5.74, 6) is 0.651. The summed E-state index contributed by atoms with van der Waals surface area (Å²) in [7, 11) is 0. The second kappa shape index (κ2) is 7.16. The summed E-state index contributed by atoms with van der Waals surface area (Å²) in [6.45, 7) is 8.42. The number of rotatable bonds is 6. The molecule has 0 amide bonds. The second-order valence-electron chi connectivity index (χ2n) is 5.10. The van der Waals surface area contributed by atoms with Crippen LogP contribution in [0.3, 0.4) is 0 Å². The Bertz CT molecular complexity index is 566. The molecule has 5 heteroatoms. The SMILES string of the molecule is CCc1nc(-c2ncccc2Cl)sc1CNCC(C)C. The van der Waals surface area contributed by atoms with Crippen LogP contribution in [0.25, 0.3) is 10.7 Å². The zero-order chi connectivity index (χ0) is 14.5. The van der Waals surface area contributed by atoms with Crippen LogP contribution in [0, 0.1) is 5.92 Å². The van der Waals surface area contributed by atoms with Crippen molar-refractivity contribution in [3.63, 3.8) is 0 Å². The third-order valence-corrected chi connectivity index (χ3v) is 4.32.